The highest BCUT2D eigenvalue weighted by molar-refractivity contribution is 7.21. The van der Waals surface area contributed by atoms with E-state index >= 15 is 0 Å². The summed E-state index contributed by atoms with van der Waals surface area (Å²) in [5.41, 5.74) is 2.03. The molecule has 0 radical (unpaired) electrons. The number of nitrogens with one attached hydrogen (secondary N) is 1. The van der Waals surface area contributed by atoms with Crippen LogP contribution in [-0.4, -0.2) is 10.9 Å². The zero-order valence-corrected chi connectivity index (χ0v) is 16.0. The molecule has 0 spiro atoms. The second kappa shape index (κ2) is 7.27. The quantitative estimate of drug-likeness (QED) is 0.405. The lowest BCUT2D eigenvalue weighted by Crippen LogP contribution is -2.13. The molecule has 0 fully saturated rings. The van der Waals surface area contributed by atoms with E-state index in [0.717, 1.165) is 16.3 Å². The van der Waals surface area contributed by atoms with Gasteiger partial charge in [0.15, 0.2) is 0 Å². The minimum absolute atomic E-state index is 0.191. The zero-order valence-electron chi connectivity index (χ0n) is 13.7. The number of benzene rings is 3. The lowest BCUT2D eigenvalue weighted by molar-refractivity contribution is 0.102. The maximum atomic E-state index is 13.4. The molecule has 1 heterocycles. The van der Waals surface area contributed by atoms with Crippen molar-refractivity contribution < 1.29 is 9.18 Å². The van der Waals surface area contributed by atoms with E-state index in [1.807, 2.05) is 24.3 Å². The fourth-order valence-electron chi connectivity index (χ4n) is 2.67. The summed E-state index contributed by atoms with van der Waals surface area (Å²) in [5.74, 6) is -0.961. The van der Waals surface area contributed by atoms with Gasteiger partial charge in [0.25, 0.3) is 5.91 Å². The first-order valence-electron chi connectivity index (χ1n) is 7.93. The van der Waals surface area contributed by atoms with Gasteiger partial charge in [-0.15, -0.1) is 11.3 Å². The molecule has 3 nitrogen and oxygen atoms in total. The molecule has 0 unspecified atom stereocenters. The molecular formula is C20H11Cl2FN2OS. The van der Waals surface area contributed by atoms with Crippen LogP contribution in [0.25, 0.3) is 20.8 Å². The average molecular weight is 417 g/mol. The molecule has 4 rings (SSSR count). The second-order valence-corrected chi connectivity index (χ2v) is 7.64. The van der Waals surface area contributed by atoms with Gasteiger partial charge < -0.3 is 5.32 Å². The van der Waals surface area contributed by atoms with E-state index in [0.29, 0.717) is 21.3 Å². The van der Waals surface area contributed by atoms with E-state index in [4.69, 9.17) is 23.2 Å². The Bertz CT molecular complexity index is 1140. The number of amides is 1. The minimum atomic E-state index is -0.490. The summed E-state index contributed by atoms with van der Waals surface area (Å²) in [6.45, 7) is 0. The third-order valence-electron chi connectivity index (χ3n) is 3.90. The molecule has 7 heteroatoms. The predicted octanol–water partition coefficient (Wildman–Crippen LogP) is 6.66. The van der Waals surface area contributed by atoms with Crippen molar-refractivity contribution in [3.8, 4) is 10.6 Å². The average Bonchev–Trinajstić information content (AvgIpc) is 3.07. The van der Waals surface area contributed by atoms with Crippen LogP contribution in [-0.2, 0) is 0 Å². The van der Waals surface area contributed by atoms with Crippen molar-refractivity contribution in [1.29, 1.82) is 0 Å². The smallest absolute Gasteiger partial charge is 0.255 e. The van der Waals surface area contributed by atoms with Crippen LogP contribution in [0.1, 0.15) is 10.4 Å². The number of carbonyl (C=O) groups excluding carboxylic acids is 1. The van der Waals surface area contributed by atoms with Gasteiger partial charge in [-0.25, -0.2) is 9.37 Å². The van der Waals surface area contributed by atoms with E-state index in [1.165, 1.54) is 29.5 Å². The number of fused-ring (bicyclic) bond motifs is 1. The molecule has 0 aliphatic rings. The molecule has 1 amide bonds. The maximum Gasteiger partial charge on any atom is 0.255 e. The maximum absolute atomic E-state index is 13.4. The first kappa shape index (κ1) is 17.9. The summed E-state index contributed by atoms with van der Waals surface area (Å²) in [6, 6.07) is 16.4. The molecule has 0 aliphatic carbocycles. The predicted molar refractivity (Wildman–Crippen MR) is 109 cm³/mol. The lowest BCUT2D eigenvalue weighted by Gasteiger charge is -2.12. The summed E-state index contributed by atoms with van der Waals surface area (Å²) in [7, 11) is 0. The molecule has 134 valence electrons. The number of anilines is 1. The zero-order chi connectivity index (χ0) is 19.0. The van der Waals surface area contributed by atoms with Crippen LogP contribution >= 0.6 is 34.5 Å². The minimum Gasteiger partial charge on any atom is -0.320 e. The largest absolute Gasteiger partial charge is 0.320 e. The fraction of sp³-hybridized carbons (Fsp3) is 0. The van der Waals surface area contributed by atoms with Crippen molar-refractivity contribution >= 4 is 56.3 Å². The van der Waals surface area contributed by atoms with Crippen molar-refractivity contribution in [2.75, 3.05) is 5.32 Å². The van der Waals surface area contributed by atoms with E-state index < -0.39 is 11.7 Å². The molecule has 0 saturated carbocycles. The summed E-state index contributed by atoms with van der Waals surface area (Å²) in [5, 5.41) is 4.15. The van der Waals surface area contributed by atoms with Crippen molar-refractivity contribution in [2.24, 2.45) is 0 Å². The Morgan fingerprint density at radius 3 is 2.63 bits per heavy atom. The van der Waals surface area contributed by atoms with Gasteiger partial charge in [-0.2, -0.15) is 0 Å². The van der Waals surface area contributed by atoms with Crippen LogP contribution in [0.2, 0.25) is 10.0 Å². The van der Waals surface area contributed by atoms with E-state index in [1.54, 1.807) is 12.1 Å². The van der Waals surface area contributed by atoms with E-state index in [9.17, 15) is 9.18 Å². The molecule has 0 saturated heterocycles. The van der Waals surface area contributed by atoms with Gasteiger partial charge in [-0.1, -0.05) is 41.4 Å². The Hall–Kier alpha value is -2.47. The highest BCUT2D eigenvalue weighted by Gasteiger charge is 2.18. The van der Waals surface area contributed by atoms with Crippen LogP contribution in [0.5, 0.6) is 0 Å². The standard InChI is InChI=1S/C20H11Cl2FN2OS/c21-12-9-14(20-24-16-6-1-2-7-17(16)27-20)18(15(22)10-12)25-19(26)11-4-3-5-13(23)8-11/h1-10H,(H,25,26). The topological polar surface area (TPSA) is 42.0 Å². The Balaban J connectivity index is 1.79. The van der Waals surface area contributed by atoms with Gasteiger partial charge >= 0.3 is 0 Å². The monoisotopic (exact) mass is 416 g/mol. The van der Waals surface area contributed by atoms with Crippen LogP contribution < -0.4 is 5.32 Å². The molecule has 4 aromatic rings. The number of hydrogen-bond acceptors (Lipinski definition) is 3. The SMILES string of the molecule is O=C(Nc1c(Cl)cc(Cl)cc1-c1nc2ccccc2s1)c1cccc(F)c1. The van der Waals surface area contributed by atoms with E-state index in [2.05, 4.69) is 10.3 Å². The highest BCUT2D eigenvalue weighted by Crippen LogP contribution is 2.40. The first-order chi connectivity index (χ1) is 13.0. The number of carbonyl (C=O) groups is 1. The Kier molecular flexibility index (Phi) is 4.83. The van der Waals surface area contributed by atoms with Crippen LogP contribution in [0.15, 0.2) is 60.7 Å². The third-order valence-corrected chi connectivity index (χ3v) is 5.49. The lowest BCUT2D eigenvalue weighted by atomic mass is 10.1. The van der Waals surface area contributed by atoms with Crippen molar-refractivity contribution in [1.82, 2.24) is 4.98 Å². The number of thiazole rings is 1. The number of rotatable bonds is 3. The molecular weight excluding hydrogens is 406 g/mol. The molecule has 1 N–H and O–H groups in total. The van der Waals surface area contributed by atoms with E-state index in [-0.39, 0.29) is 10.6 Å². The van der Waals surface area contributed by atoms with Gasteiger partial charge in [-0.05, 0) is 42.5 Å². The summed E-state index contributed by atoms with van der Waals surface area (Å²) in [4.78, 5) is 17.2. The molecule has 27 heavy (non-hydrogen) atoms. The number of aromatic nitrogens is 1. The molecule has 0 atom stereocenters. The number of hydrogen-bond donors (Lipinski definition) is 1. The fourth-order valence-corrected chi connectivity index (χ4v) is 4.20. The van der Waals surface area contributed by atoms with Gasteiger partial charge in [0.05, 0.1) is 20.9 Å². The normalized spacial score (nSPS) is 10.9. The van der Waals surface area contributed by atoms with Crippen LogP contribution in [0.4, 0.5) is 10.1 Å². The number of nitrogens with zero attached hydrogens (tertiary/aromatic N) is 1. The first-order valence-corrected chi connectivity index (χ1v) is 9.50. The molecule has 0 aliphatic heterocycles. The van der Waals surface area contributed by atoms with Crippen molar-refractivity contribution in [3.63, 3.8) is 0 Å². The van der Waals surface area contributed by atoms with Crippen molar-refractivity contribution in [3.05, 3.63) is 82.1 Å². The highest BCUT2D eigenvalue weighted by atomic mass is 35.5. The van der Waals surface area contributed by atoms with Gasteiger partial charge in [0.1, 0.15) is 10.8 Å². The second-order valence-electron chi connectivity index (χ2n) is 5.76. The van der Waals surface area contributed by atoms with Gasteiger partial charge in [0, 0.05) is 16.1 Å². The number of halogens is 3. The molecule has 0 bridgehead atoms. The summed E-state index contributed by atoms with van der Waals surface area (Å²) in [6.07, 6.45) is 0. The van der Waals surface area contributed by atoms with Gasteiger partial charge in [0.2, 0.25) is 0 Å². The molecule has 3 aromatic carbocycles. The third kappa shape index (κ3) is 3.67. The summed E-state index contributed by atoms with van der Waals surface area (Å²) >= 11 is 14.0. The Labute approximate surface area is 168 Å². The van der Waals surface area contributed by atoms with Crippen molar-refractivity contribution in [2.45, 2.75) is 0 Å². The summed E-state index contributed by atoms with van der Waals surface area (Å²) < 4.78 is 14.4. The Morgan fingerprint density at radius 2 is 1.85 bits per heavy atom. The van der Waals surface area contributed by atoms with Crippen LogP contribution in [0.3, 0.4) is 0 Å². The Morgan fingerprint density at radius 1 is 1.04 bits per heavy atom. The van der Waals surface area contributed by atoms with Crippen LogP contribution in [0, 0.1) is 5.82 Å². The number of para-hydroxylation sites is 1. The molecule has 1 aromatic heterocycles. The van der Waals surface area contributed by atoms with Gasteiger partial charge in [-0.3, -0.25) is 4.79 Å².